The predicted molar refractivity (Wildman–Crippen MR) is 371 cm³/mol. The van der Waals surface area contributed by atoms with E-state index < -0.39 is 37.8 Å². The van der Waals surface area contributed by atoms with Crippen molar-refractivity contribution >= 4 is 53.2 Å². The van der Waals surface area contributed by atoms with Crippen molar-refractivity contribution in [2.24, 2.45) is 0 Å². The molecule has 0 radical (unpaired) electrons. The minimum absolute atomic E-state index is 0.0534. The summed E-state index contributed by atoms with van der Waals surface area (Å²) in [6.45, 7) is 11.4. The molecular weight excluding hydrogens is 1300 g/mol. The monoisotopic (exact) mass is 1390 g/mol. The van der Waals surface area contributed by atoms with E-state index in [1.165, 1.54) is 4.90 Å². The molecule has 3 N–H and O–H groups in total. The first-order valence-electron chi connectivity index (χ1n) is 36.1. The lowest BCUT2D eigenvalue weighted by molar-refractivity contribution is -0.144. The second-order valence-corrected chi connectivity index (χ2v) is 26.0. The molecule has 15 rings (SSSR count). The zero-order valence-electron chi connectivity index (χ0n) is 60.3. The summed E-state index contributed by atoms with van der Waals surface area (Å²) in [6.07, 6.45) is 3.61. The number of amides is 9. The fourth-order valence-electron chi connectivity index (χ4n) is 13.5. The van der Waals surface area contributed by atoms with Crippen LogP contribution in [0.1, 0.15) is 125 Å². The highest BCUT2D eigenvalue weighted by Gasteiger charge is 2.43. The number of allylic oxidation sites excluding steroid dienone is 3. The molecule has 9 amide bonds. The van der Waals surface area contributed by atoms with Gasteiger partial charge in [0, 0.05) is 89.7 Å². The van der Waals surface area contributed by atoms with Gasteiger partial charge in [-0.25, -0.2) is 0 Å². The van der Waals surface area contributed by atoms with E-state index in [1.54, 1.807) is 60.9 Å². The number of ether oxygens (including phenoxy) is 6. The molecule has 5 unspecified atom stereocenters. The summed E-state index contributed by atoms with van der Waals surface area (Å²) in [5.41, 5.74) is 11.6. The number of piperidine rings is 3. The number of morpholine rings is 3. The van der Waals surface area contributed by atoms with Crippen LogP contribution in [0, 0.1) is 0 Å². The zero-order chi connectivity index (χ0) is 74.5. The van der Waals surface area contributed by atoms with Gasteiger partial charge in [-0.2, -0.15) is 0 Å². The summed E-state index contributed by atoms with van der Waals surface area (Å²) in [7, 11) is 0. The number of nitrogens with one attached hydrogen (secondary N) is 3. The van der Waals surface area contributed by atoms with Crippen LogP contribution in [0.25, 0.3) is 0 Å². The van der Waals surface area contributed by atoms with Crippen LogP contribution in [0.2, 0.25) is 0 Å². The van der Waals surface area contributed by atoms with Crippen LogP contribution in [0.15, 0.2) is 164 Å². The Kier molecular flexibility index (Phi) is 19.8. The maximum absolute atomic E-state index is 13.0. The first kappa shape index (κ1) is 64.4. The molecule has 9 heterocycles. The van der Waals surface area contributed by atoms with Gasteiger partial charge in [-0.15, -0.1) is 0 Å². The molecule has 24 nitrogen and oxygen atoms in total. The van der Waals surface area contributed by atoms with Gasteiger partial charge in [0.1, 0.15) is 75.0 Å². The van der Waals surface area contributed by atoms with Gasteiger partial charge < -0.3 is 73.8 Å². The van der Waals surface area contributed by atoms with Gasteiger partial charge in [-0.3, -0.25) is 43.2 Å². The molecule has 0 spiro atoms. The molecule has 102 heavy (non-hydrogen) atoms. The van der Waals surface area contributed by atoms with Crippen LogP contribution in [-0.4, -0.2) is 160 Å². The van der Waals surface area contributed by atoms with E-state index in [9.17, 15) is 43.2 Å². The van der Waals surface area contributed by atoms with Crippen molar-refractivity contribution in [2.75, 3.05) is 59.2 Å². The molecule has 0 aromatic heterocycles. The van der Waals surface area contributed by atoms with Gasteiger partial charge in [0.2, 0.25) is 35.4 Å². The lowest BCUT2D eigenvalue weighted by Crippen LogP contribution is -2.49. The van der Waals surface area contributed by atoms with E-state index in [1.807, 2.05) is 91.0 Å². The molecule has 0 bridgehead atoms. The SMILES string of the molecule is [2H]C1([2H])COCC(=O)N1Cc1ccc(COc2cccc3c2CN(C2CCC(=C)NC2=O)C3=O)cc1.[2H]C1CN(Cc2ccc(COc3cccc4c3CN(C3CCC(=C)NC3=O)C4=O)cc2)C(=O)CO1.[2H]C1OCCN(Cc2ccc(COc3cccc4c3CN(C3CCC(=C)NC3=O)C4=O)cc2)C1=O. The van der Waals surface area contributed by atoms with Crippen molar-refractivity contribution < 1.29 is 77.1 Å². The standard InChI is InChI=1S/3C26H27N3O5/c3*1-17-5-10-22(25(31)27-17)29-14-21-20(26(29)32)3-2-4-23(21)34-15-19-8-6-18(7-9-19)13-28-11-12-33-16-24(28)30/h3*2-4,6-9,22H,1,5,10-16H2,(H,27,31)/i16D;12D;11D2. The van der Waals surface area contributed by atoms with Crippen LogP contribution in [0.4, 0.5) is 0 Å². The Bertz CT molecular complexity index is 4330. The summed E-state index contributed by atoms with van der Waals surface area (Å²) in [4.78, 5) is 122. The Labute approximate surface area is 596 Å². The van der Waals surface area contributed by atoms with E-state index in [2.05, 4.69) is 35.7 Å². The van der Waals surface area contributed by atoms with E-state index in [0.29, 0.717) is 149 Å². The van der Waals surface area contributed by atoms with Crippen LogP contribution in [0.3, 0.4) is 0 Å². The number of fused-ring (bicyclic) bond motifs is 3. The Morgan fingerprint density at radius 2 is 0.765 bits per heavy atom. The summed E-state index contributed by atoms with van der Waals surface area (Å²) >= 11 is 0. The maximum atomic E-state index is 13.0. The number of benzene rings is 6. The normalized spacial score (nSPS) is 22.9. The molecule has 6 saturated heterocycles. The molecule has 0 saturated carbocycles. The van der Waals surface area contributed by atoms with Gasteiger partial charge in [-0.1, -0.05) is 111 Å². The van der Waals surface area contributed by atoms with Crippen molar-refractivity contribution in [2.45, 2.75) is 116 Å². The van der Waals surface area contributed by atoms with Crippen LogP contribution < -0.4 is 30.2 Å². The zero-order valence-corrected chi connectivity index (χ0v) is 56.3. The number of carbonyl (C=O) groups excluding carboxylic acids is 9. The fourth-order valence-corrected chi connectivity index (χ4v) is 13.5. The molecule has 24 heteroatoms. The Hall–Kier alpha value is -11.0. The fraction of sp³-hybridized carbons (Fsp3) is 0.346. The van der Waals surface area contributed by atoms with Gasteiger partial charge in [0.25, 0.3) is 17.7 Å². The highest BCUT2D eigenvalue weighted by molar-refractivity contribution is 6.04. The van der Waals surface area contributed by atoms with Crippen LogP contribution in [0.5, 0.6) is 17.2 Å². The average Bonchev–Trinajstić information content (AvgIpc) is 1.63. The second-order valence-electron chi connectivity index (χ2n) is 26.0. The van der Waals surface area contributed by atoms with E-state index in [0.717, 1.165) is 50.1 Å². The first-order valence-corrected chi connectivity index (χ1v) is 33.9. The highest BCUT2D eigenvalue weighted by Crippen LogP contribution is 2.38. The van der Waals surface area contributed by atoms with Crippen molar-refractivity contribution in [3.8, 4) is 17.2 Å². The van der Waals surface area contributed by atoms with Crippen molar-refractivity contribution in [3.05, 3.63) is 231 Å². The molecule has 6 aromatic carbocycles. The number of rotatable bonds is 18. The van der Waals surface area contributed by atoms with E-state index in [4.69, 9.17) is 33.9 Å². The highest BCUT2D eigenvalue weighted by atomic mass is 16.5. The van der Waals surface area contributed by atoms with Gasteiger partial charge in [-0.05, 0) is 108 Å². The van der Waals surface area contributed by atoms with E-state index >= 15 is 0 Å². The topological polar surface area (TPSA) is 265 Å². The van der Waals surface area contributed by atoms with Crippen LogP contribution in [-0.2, 0) is 102 Å². The Morgan fingerprint density at radius 1 is 0.412 bits per heavy atom. The number of hydrogen-bond donors (Lipinski definition) is 3. The molecule has 6 aromatic rings. The van der Waals surface area contributed by atoms with Crippen molar-refractivity contribution in [3.63, 3.8) is 0 Å². The Morgan fingerprint density at radius 3 is 1.15 bits per heavy atom. The molecule has 9 aliphatic heterocycles. The predicted octanol–water partition coefficient (Wildman–Crippen LogP) is 7.12. The van der Waals surface area contributed by atoms with Gasteiger partial charge >= 0.3 is 0 Å². The van der Waals surface area contributed by atoms with Crippen molar-refractivity contribution in [1.29, 1.82) is 0 Å². The smallest absolute Gasteiger partial charge is 0.255 e. The Balaban J connectivity index is 0.000000141. The molecule has 9 aliphatic rings. The number of nitrogens with zero attached hydrogens (tertiary/aromatic N) is 6. The summed E-state index contributed by atoms with van der Waals surface area (Å²) in [6, 6.07) is 37.6. The van der Waals surface area contributed by atoms with Gasteiger partial charge in [0.15, 0.2) is 0 Å². The maximum Gasteiger partial charge on any atom is 0.255 e. The van der Waals surface area contributed by atoms with Crippen LogP contribution >= 0.6 is 0 Å². The summed E-state index contributed by atoms with van der Waals surface area (Å²) in [5.74, 6) is -0.0392. The first-order chi connectivity index (χ1) is 51.0. The minimum atomic E-state index is -1.84. The minimum Gasteiger partial charge on any atom is -0.489 e. The molecule has 6 fully saturated rings. The summed E-state index contributed by atoms with van der Waals surface area (Å²) in [5, 5.41) is 8.25. The molecule has 0 aliphatic carbocycles. The van der Waals surface area contributed by atoms with Gasteiger partial charge in [0.05, 0.1) is 44.9 Å². The third-order valence-corrected chi connectivity index (χ3v) is 19.1. The second kappa shape index (κ2) is 31.3. The van der Waals surface area contributed by atoms with E-state index in [-0.39, 0.29) is 92.7 Å². The third-order valence-electron chi connectivity index (χ3n) is 19.1. The van der Waals surface area contributed by atoms with Crippen molar-refractivity contribution in [1.82, 2.24) is 45.3 Å². The lowest BCUT2D eigenvalue weighted by atomic mass is 10.0. The number of hydrogen-bond acceptors (Lipinski definition) is 15. The lowest BCUT2D eigenvalue weighted by Gasteiger charge is -2.31. The molecular formula is C78H81N9O15. The number of carbonyl (C=O) groups is 9. The molecule has 5 atom stereocenters. The quantitative estimate of drug-likeness (QED) is 0.0774. The average molecular weight is 1390 g/mol. The summed E-state index contributed by atoms with van der Waals surface area (Å²) < 4.78 is 64.7. The molecule has 528 valence electrons. The third kappa shape index (κ3) is 15.9. The largest absolute Gasteiger partial charge is 0.489 e.